The number of benzene rings is 2. The molecule has 2 rings (SSSR count). The van der Waals surface area contributed by atoms with E-state index in [0.29, 0.717) is 17.4 Å². The molecule has 124 valence electrons. The molecule has 2 aromatic rings. The summed E-state index contributed by atoms with van der Waals surface area (Å²) in [4.78, 5) is 0.0535. The van der Waals surface area contributed by atoms with E-state index in [9.17, 15) is 8.42 Å². The van der Waals surface area contributed by atoms with Gasteiger partial charge in [-0.25, -0.2) is 13.1 Å². The Bertz CT molecular complexity index is 776. The molecule has 1 unspecified atom stereocenters. The monoisotopic (exact) mass is 353 g/mol. The third-order valence-corrected chi connectivity index (χ3v) is 5.41. The number of aryl methyl sites for hydroxylation is 1. The Kier molecular flexibility index (Phi) is 5.68. The van der Waals surface area contributed by atoms with E-state index in [1.54, 1.807) is 26.8 Å². The van der Waals surface area contributed by atoms with Crippen LogP contribution < -0.4 is 9.46 Å². The molecular formula is C17H20ClNO3S. The van der Waals surface area contributed by atoms with Crippen molar-refractivity contribution in [2.24, 2.45) is 0 Å². The molecule has 0 aromatic heterocycles. The predicted molar refractivity (Wildman–Crippen MR) is 92.5 cm³/mol. The highest BCUT2D eigenvalue weighted by Crippen LogP contribution is 2.31. The van der Waals surface area contributed by atoms with Crippen molar-refractivity contribution in [1.82, 2.24) is 4.72 Å². The van der Waals surface area contributed by atoms with Crippen LogP contribution in [0.2, 0.25) is 5.02 Å². The summed E-state index contributed by atoms with van der Waals surface area (Å²) >= 11 is 6.10. The van der Waals surface area contributed by atoms with Gasteiger partial charge in [0.25, 0.3) is 0 Å². The lowest BCUT2D eigenvalue weighted by molar-refractivity contribution is 0.330. The normalized spacial score (nSPS) is 12.9. The molecule has 0 aliphatic heterocycles. The highest BCUT2D eigenvalue weighted by molar-refractivity contribution is 7.89. The Morgan fingerprint density at radius 2 is 1.87 bits per heavy atom. The summed E-state index contributed by atoms with van der Waals surface area (Å²) in [6, 6.07) is 12.1. The van der Waals surface area contributed by atoms with Crippen LogP contribution in [-0.4, -0.2) is 15.0 Å². The van der Waals surface area contributed by atoms with E-state index in [4.69, 9.17) is 16.3 Å². The summed E-state index contributed by atoms with van der Waals surface area (Å²) in [6.45, 7) is 5.78. The van der Waals surface area contributed by atoms with E-state index in [2.05, 4.69) is 4.72 Å². The van der Waals surface area contributed by atoms with Gasteiger partial charge in [0.15, 0.2) is 0 Å². The number of ether oxygens (including phenoxy) is 1. The van der Waals surface area contributed by atoms with Gasteiger partial charge in [0.1, 0.15) is 10.6 Å². The molecule has 1 N–H and O–H groups in total. The summed E-state index contributed by atoms with van der Waals surface area (Å²) in [5.74, 6) is 0.308. The lowest BCUT2D eigenvalue weighted by Crippen LogP contribution is -2.27. The number of hydrogen-bond acceptors (Lipinski definition) is 3. The molecule has 0 heterocycles. The second-order valence-electron chi connectivity index (χ2n) is 5.23. The molecule has 0 bridgehead atoms. The van der Waals surface area contributed by atoms with Crippen molar-refractivity contribution < 1.29 is 13.2 Å². The Hall–Kier alpha value is -1.56. The first kappa shape index (κ1) is 17.8. The molecule has 0 fully saturated rings. The maximum absolute atomic E-state index is 12.7. The van der Waals surface area contributed by atoms with Gasteiger partial charge < -0.3 is 4.74 Å². The van der Waals surface area contributed by atoms with Crippen molar-refractivity contribution >= 4 is 21.6 Å². The fourth-order valence-corrected chi connectivity index (χ4v) is 3.83. The standard InChI is InChI=1S/C17H20ClNO3S/c1-4-22-16-10-12(2)15(18)11-17(16)23(20,21)19-13(3)14-8-6-5-7-9-14/h5-11,13,19H,4H2,1-3H3. The second-order valence-corrected chi connectivity index (χ2v) is 7.32. The van der Waals surface area contributed by atoms with Crippen LogP contribution in [0.4, 0.5) is 0 Å². The van der Waals surface area contributed by atoms with Crippen LogP contribution in [0.5, 0.6) is 5.75 Å². The Morgan fingerprint density at radius 3 is 2.48 bits per heavy atom. The van der Waals surface area contributed by atoms with Gasteiger partial charge in [0, 0.05) is 11.1 Å². The van der Waals surface area contributed by atoms with E-state index in [0.717, 1.165) is 11.1 Å². The largest absolute Gasteiger partial charge is 0.492 e. The first-order chi connectivity index (χ1) is 10.8. The van der Waals surface area contributed by atoms with E-state index >= 15 is 0 Å². The average molecular weight is 354 g/mol. The molecule has 4 nitrogen and oxygen atoms in total. The molecule has 0 radical (unpaired) electrons. The van der Waals surface area contributed by atoms with Crippen molar-refractivity contribution in [3.05, 3.63) is 58.6 Å². The van der Waals surface area contributed by atoms with Crippen LogP contribution in [0.3, 0.4) is 0 Å². The molecule has 0 aliphatic carbocycles. The smallest absolute Gasteiger partial charge is 0.244 e. The summed E-state index contributed by atoms with van der Waals surface area (Å²) in [5.41, 5.74) is 1.65. The van der Waals surface area contributed by atoms with E-state index in [-0.39, 0.29) is 10.9 Å². The van der Waals surface area contributed by atoms with Crippen molar-refractivity contribution in [2.45, 2.75) is 31.7 Å². The molecule has 0 aliphatic rings. The molecular weight excluding hydrogens is 334 g/mol. The van der Waals surface area contributed by atoms with E-state index < -0.39 is 10.0 Å². The Morgan fingerprint density at radius 1 is 1.22 bits per heavy atom. The van der Waals surface area contributed by atoms with Gasteiger partial charge in [0.05, 0.1) is 6.61 Å². The van der Waals surface area contributed by atoms with Gasteiger partial charge in [-0.3, -0.25) is 0 Å². The Balaban J connectivity index is 2.37. The molecule has 0 saturated carbocycles. The molecule has 2 aromatic carbocycles. The molecule has 0 spiro atoms. The van der Waals surface area contributed by atoms with Crippen LogP contribution in [0.1, 0.15) is 31.0 Å². The van der Waals surface area contributed by atoms with Crippen molar-refractivity contribution in [3.63, 3.8) is 0 Å². The average Bonchev–Trinajstić information content (AvgIpc) is 2.51. The van der Waals surface area contributed by atoms with E-state index in [1.807, 2.05) is 30.3 Å². The van der Waals surface area contributed by atoms with Gasteiger partial charge >= 0.3 is 0 Å². The molecule has 0 amide bonds. The van der Waals surface area contributed by atoms with Crippen LogP contribution >= 0.6 is 11.6 Å². The minimum atomic E-state index is -3.76. The van der Waals surface area contributed by atoms with E-state index in [1.165, 1.54) is 6.07 Å². The quantitative estimate of drug-likeness (QED) is 0.851. The van der Waals surface area contributed by atoms with Gasteiger partial charge in [-0.1, -0.05) is 41.9 Å². The number of hydrogen-bond donors (Lipinski definition) is 1. The number of halogens is 1. The van der Waals surface area contributed by atoms with Gasteiger partial charge in [-0.05, 0) is 44.0 Å². The molecule has 6 heteroatoms. The van der Waals surface area contributed by atoms with Crippen LogP contribution in [0, 0.1) is 6.92 Å². The zero-order valence-electron chi connectivity index (χ0n) is 13.3. The lowest BCUT2D eigenvalue weighted by atomic mass is 10.1. The van der Waals surface area contributed by atoms with Gasteiger partial charge in [-0.15, -0.1) is 0 Å². The Labute approximate surface area is 142 Å². The summed E-state index contributed by atoms with van der Waals surface area (Å²) in [6.07, 6.45) is 0. The van der Waals surface area contributed by atoms with Crippen LogP contribution in [0.15, 0.2) is 47.4 Å². The second kappa shape index (κ2) is 7.34. The van der Waals surface area contributed by atoms with Gasteiger partial charge in [-0.2, -0.15) is 0 Å². The fraction of sp³-hybridized carbons (Fsp3) is 0.294. The first-order valence-electron chi connectivity index (χ1n) is 7.35. The predicted octanol–water partition coefficient (Wildman–Crippen LogP) is 4.09. The highest BCUT2D eigenvalue weighted by Gasteiger charge is 2.23. The lowest BCUT2D eigenvalue weighted by Gasteiger charge is -2.17. The maximum atomic E-state index is 12.7. The zero-order valence-corrected chi connectivity index (χ0v) is 14.9. The SMILES string of the molecule is CCOc1cc(C)c(Cl)cc1S(=O)(=O)NC(C)c1ccccc1. The maximum Gasteiger partial charge on any atom is 0.244 e. The topological polar surface area (TPSA) is 55.4 Å². The van der Waals surface area contributed by atoms with Crippen LogP contribution in [-0.2, 0) is 10.0 Å². The minimum absolute atomic E-state index is 0.0535. The first-order valence-corrected chi connectivity index (χ1v) is 9.21. The number of sulfonamides is 1. The van der Waals surface area contributed by atoms with Crippen molar-refractivity contribution in [2.75, 3.05) is 6.61 Å². The highest BCUT2D eigenvalue weighted by atomic mass is 35.5. The summed E-state index contributed by atoms with van der Waals surface area (Å²) < 4.78 is 33.6. The number of nitrogens with one attached hydrogen (secondary N) is 1. The molecule has 1 atom stereocenters. The minimum Gasteiger partial charge on any atom is -0.492 e. The van der Waals surface area contributed by atoms with Crippen molar-refractivity contribution in [1.29, 1.82) is 0 Å². The molecule has 23 heavy (non-hydrogen) atoms. The van der Waals surface area contributed by atoms with Crippen LogP contribution in [0.25, 0.3) is 0 Å². The third kappa shape index (κ3) is 4.25. The summed E-state index contributed by atoms with van der Waals surface area (Å²) in [7, 11) is -3.76. The zero-order chi connectivity index (χ0) is 17.0. The van der Waals surface area contributed by atoms with Crippen molar-refractivity contribution in [3.8, 4) is 5.75 Å². The fourth-order valence-electron chi connectivity index (χ4n) is 2.22. The molecule has 0 saturated heterocycles. The summed E-state index contributed by atoms with van der Waals surface area (Å²) in [5, 5.41) is 0.390. The number of rotatable bonds is 6. The van der Waals surface area contributed by atoms with Gasteiger partial charge in [0.2, 0.25) is 10.0 Å². The third-order valence-electron chi connectivity index (χ3n) is 3.45.